The van der Waals surface area contributed by atoms with Crippen molar-refractivity contribution in [1.82, 2.24) is 9.97 Å². The maximum Gasteiger partial charge on any atom is 0.148 e. The number of rotatable bonds is 3. The van der Waals surface area contributed by atoms with Crippen LogP contribution in [0.25, 0.3) is 0 Å². The Hall–Kier alpha value is -1.36. The lowest BCUT2D eigenvalue weighted by molar-refractivity contribution is 0.226. The lowest BCUT2D eigenvalue weighted by atomic mass is 9.77. The van der Waals surface area contributed by atoms with E-state index in [9.17, 15) is 0 Å². The molecule has 1 spiro atoms. The lowest BCUT2D eigenvalue weighted by Crippen LogP contribution is -2.40. The van der Waals surface area contributed by atoms with Crippen molar-refractivity contribution in [2.24, 2.45) is 11.3 Å². The van der Waals surface area contributed by atoms with Gasteiger partial charge >= 0.3 is 0 Å². The summed E-state index contributed by atoms with van der Waals surface area (Å²) in [7, 11) is 0. The predicted molar refractivity (Wildman–Crippen MR) is 86.3 cm³/mol. The molecule has 0 atom stereocenters. The van der Waals surface area contributed by atoms with Crippen molar-refractivity contribution in [1.29, 1.82) is 0 Å². The number of piperidine rings is 1. The zero-order chi connectivity index (χ0) is 14.9. The second-order valence-electron chi connectivity index (χ2n) is 6.63. The van der Waals surface area contributed by atoms with Crippen molar-refractivity contribution >= 4 is 11.6 Å². The summed E-state index contributed by atoms with van der Waals surface area (Å²) in [5, 5.41) is 0. The van der Waals surface area contributed by atoms with Gasteiger partial charge < -0.3 is 10.3 Å². The van der Waals surface area contributed by atoms with Crippen LogP contribution in [0.2, 0.25) is 0 Å². The van der Waals surface area contributed by atoms with Gasteiger partial charge in [-0.05, 0) is 38.0 Å². The Morgan fingerprint density at radius 1 is 1.14 bits per heavy atom. The fourth-order valence-electron chi connectivity index (χ4n) is 3.97. The van der Waals surface area contributed by atoms with Crippen LogP contribution >= 0.6 is 0 Å². The number of hydrazine groups is 1. The Kier molecular flexibility index (Phi) is 4.02. The molecule has 21 heavy (non-hydrogen) atoms. The minimum Gasteiger partial charge on any atom is -0.356 e. The fourth-order valence-corrected chi connectivity index (χ4v) is 3.97. The predicted octanol–water partition coefficient (Wildman–Crippen LogP) is 2.79. The topological polar surface area (TPSA) is 67.1 Å². The van der Waals surface area contributed by atoms with Crippen molar-refractivity contribution < 1.29 is 0 Å². The molecule has 0 radical (unpaired) electrons. The molecule has 1 aromatic rings. The smallest absolute Gasteiger partial charge is 0.148 e. The van der Waals surface area contributed by atoms with E-state index >= 15 is 0 Å². The number of hydrogen-bond acceptors (Lipinski definition) is 5. The first-order valence-electron chi connectivity index (χ1n) is 8.26. The van der Waals surface area contributed by atoms with Crippen LogP contribution in [-0.4, -0.2) is 23.1 Å². The van der Waals surface area contributed by atoms with E-state index in [2.05, 4.69) is 29.2 Å². The van der Waals surface area contributed by atoms with Crippen LogP contribution in [0.4, 0.5) is 11.6 Å². The molecular weight excluding hydrogens is 262 g/mol. The monoisotopic (exact) mass is 289 g/mol. The average molecular weight is 289 g/mol. The molecule has 116 valence electrons. The molecular formula is C16H27N5. The van der Waals surface area contributed by atoms with Crippen LogP contribution in [0.1, 0.15) is 56.8 Å². The molecule has 0 amide bonds. The zero-order valence-corrected chi connectivity index (χ0v) is 13.3. The van der Waals surface area contributed by atoms with Crippen LogP contribution in [0.5, 0.6) is 0 Å². The molecule has 3 rings (SSSR count). The molecule has 1 saturated heterocycles. The molecule has 1 aromatic heterocycles. The molecule has 1 saturated carbocycles. The minimum absolute atomic E-state index is 0.639. The highest BCUT2D eigenvalue weighted by atomic mass is 15.3. The van der Waals surface area contributed by atoms with Gasteiger partial charge in [-0.2, -0.15) is 0 Å². The Morgan fingerprint density at radius 2 is 1.81 bits per heavy atom. The molecule has 0 aromatic carbocycles. The molecule has 2 heterocycles. The van der Waals surface area contributed by atoms with Gasteiger partial charge in [-0.25, -0.2) is 15.8 Å². The maximum absolute atomic E-state index is 5.61. The van der Waals surface area contributed by atoms with Crippen LogP contribution in [0, 0.1) is 12.3 Å². The van der Waals surface area contributed by atoms with Crippen molar-refractivity contribution in [2.75, 3.05) is 23.4 Å². The summed E-state index contributed by atoms with van der Waals surface area (Å²) >= 11 is 0. The van der Waals surface area contributed by atoms with Gasteiger partial charge in [0.15, 0.2) is 0 Å². The van der Waals surface area contributed by atoms with E-state index in [1.54, 1.807) is 0 Å². The van der Waals surface area contributed by atoms with Gasteiger partial charge in [-0.15, -0.1) is 0 Å². The van der Waals surface area contributed by atoms with Crippen LogP contribution in [0.3, 0.4) is 0 Å². The molecule has 5 heteroatoms. The summed E-state index contributed by atoms with van der Waals surface area (Å²) < 4.78 is 0. The molecule has 1 aliphatic carbocycles. The Morgan fingerprint density at radius 3 is 2.38 bits per heavy atom. The van der Waals surface area contributed by atoms with Crippen molar-refractivity contribution in [2.45, 2.75) is 58.8 Å². The van der Waals surface area contributed by atoms with Gasteiger partial charge in [-0.3, -0.25) is 0 Å². The van der Waals surface area contributed by atoms with Gasteiger partial charge in [0.1, 0.15) is 17.5 Å². The number of nitrogen functional groups attached to an aromatic ring is 1. The average Bonchev–Trinajstić information content (AvgIpc) is 2.97. The maximum atomic E-state index is 5.61. The zero-order valence-electron chi connectivity index (χ0n) is 13.3. The first-order chi connectivity index (χ1) is 10.2. The summed E-state index contributed by atoms with van der Waals surface area (Å²) in [5.74, 6) is 8.31. The summed E-state index contributed by atoms with van der Waals surface area (Å²) in [4.78, 5) is 11.7. The van der Waals surface area contributed by atoms with E-state index in [1.807, 2.05) is 0 Å². The number of nitrogens with one attached hydrogen (secondary N) is 1. The summed E-state index contributed by atoms with van der Waals surface area (Å²) in [6.07, 6.45) is 9.16. The minimum atomic E-state index is 0.639. The van der Waals surface area contributed by atoms with E-state index < -0.39 is 0 Å². The van der Waals surface area contributed by atoms with E-state index in [-0.39, 0.29) is 0 Å². The van der Waals surface area contributed by atoms with Gasteiger partial charge in [-0.1, -0.05) is 19.8 Å². The SMILES string of the molecule is CCc1nc(NN)c(C)c(N2CCC3(CCCC3)CC2)n1. The Bertz CT molecular complexity index is 498. The third kappa shape index (κ3) is 2.71. The van der Waals surface area contributed by atoms with Gasteiger partial charge in [0.25, 0.3) is 0 Å². The largest absolute Gasteiger partial charge is 0.356 e. The van der Waals surface area contributed by atoms with Crippen LogP contribution in [-0.2, 0) is 6.42 Å². The fraction of sp³-hybridized carbons (Fsp3) is 0.750. The number of nitrogens with two attached hydrogens (primary N) is 1. The van der Waals surface area contributed by atoms with Crippen molar-refractivity contribution in [3.63, 3.8) is 0 Å². The number of anilines is 2. The molecule has 2 aliphatic rings. The Balaban J connectivity index is 1.81. The normalized spacial score (nSPS) is 21.0. The second kappa shape index (κ2) is 5.79. The van der Waals surface area contributed by atoms with Gasteiger partial charge in [0.2, 0.25) is 0 Å². The number of aryl methyl sites for hydroxylation is 1. The molecule has 2 fully saturated rings. The summed E-state index contributed by atoms with van der Waals surface area (Å²) in [5.41, 5.74) is 4.43. The van der Waals surface area contributed by atoms with Crippen LogP contribution < -0.4 is 16.2 Å². The van der Waals surface area contributed by atoms with Gasteiger partial charge in [0.05, 0.1) is 0 Å². The number of aromatic nitrogens is 2. The summed E-state index contributed by atoms with van der Waals surface area (Å²) in [6.45, 7) is 6.37. The van der Waals surface area contributed by atoms with Gasteiger partial charge in [0, 0.05) is 25.1 Å². The highest BCUT2D eigenvalue weighted by Gasteiger charge is 2.37. The molecule has 0 unspecified atom stereocenters. The quantitative estimate of drug-likeness (QED) is 0.661. The summed E-state index contributed by atoms with van der Waals surface area (Å²) in [6, 6.07) is 0. The van der Waals surface area contributed by atoms with Crippen molar-refractivity contribution in [3.8, 4) is 0 Å². The molecule has 3 N–H and O–H groups in total. The highest BCUT2D eigenvalue weighted by Crippen LogP contribution is 2.46. The first-order valence-corrected chi connectivity index (χ1v) is 8.26. The number of hydrogen-bond donors (Lipinski definition) is 2. The molecule has 1 aliphatic heterocycles. The standard InChI is InChI=1S/C16H27N5/c1-3-13-18-14(20-17)12(2)15(19-13)21-10-8-16(9-11-21)6-4-5-7-16/h3-11,17H2,1-2H3,(H,18,19,20). The van der Waals surface area contributed by atoms with E-state index in [1.165, 1.54) is 38.5 Å². The van der Waals surface area contributed by atoms with E-state index in [0.717, 1.165) is 42.5 Å². The highest BCUT2D eigenvalue weighted by molar-refractivity contribution is 5.58. The third-order valence-electron chi connectivity index (χ3n) is 5.41. The third-order valence-corrected chi connectivity index (χ3v) is 5.41. The number of nitrogens with zero attached hydrogens (tertiary/aromatic N) is 3. The van der Waals surface area contributed by atoms with Crippen molar-refractivity contribution in [3.05, 3.63) is 11.4 Å². The van der Waals surface area contributed by atoms with Crippen LogP contribution in [0.15, 0.2) is 0 Å². The second-order valence-corrected chi connectivity index (χ2v) is 6.63. The van der Waals surface area contributed by atoms with E-state index in [0.29, 0.717) is 5.41 Å². The molecule has 5 nitrogen and oxygen atoms in total. The van der Waals surface area contributed by atoms with E-state index in [4.69, 9.17) is 10.8 Å². The lowest BCUT2D eigenvalue weighted by Gasteiger charge is -2.40. The first kappa shape index (κ1) is 14.6. The molecule has 0 bridgehead atoms. The Labute approximate surface area is 127 Å².